The third-order valence-electron chi connectivity index (χ3n) is 3.25. The highest BCUT2D eigenvalue weighted by atomic mass is 19.2. The lowest BCUT2D eigenvalue weighted by molar-refractivity contribution is 0.298. The molecule has 4 heteroatoms. The summed E-state index contributed by atoms with van der Waals surface area (Å²) in [6.07, 6.45) is 0.728. The number of nitrogens with two attached hydrogens (primary N) is 1. The van der Waals surface area contributed by atoms with E-state index in [2.05, 4.69) is 0 Å². The quantitative estimate of drug-likeness (QED) is 0.793. The smallest absolute Gasteiger partial charge is 0.194 e. The van der Waals surface area contributed by atoms with Crippen molar-refractivity contribution in [2.45, 2.75) is 32.7 Å². The van der Waals surface area contributed by atoms with Gasteiger partial charge in [0.25, 0.3) is 0 Å². The zero-order chi connectivity index (χ0) is 12.5. The van der Waals surface area contributed by atoms with E-state index < -0.39 is 23.0 Å². The first kappa shape index (κ1) is 13.0. The number of hydrogen-bond acceptors (Lipinski definition) is 1. The molecule has 0 spiro atoms. The van der Waals surface area contributed by atoms with Crippen LogP contribution in [0.25, 0.3) is 0 Å². The molecule has 2 N–H and O–H groups in total. The Morgan fingerprint density at radius 3 is 2.31 bits per heavy atom. The molecule has 0 aliphatic carbocycles. The molecule has 1 aromatic carbocycles. The molecule has 2 unspecified atom stereocenters. The molecule has 1 aromatic rings. The fourth-order valence-corrected chi connectivity index (χ4v) is 1.63. The molecule has 0 aromatic heterocycles. The summed E-state index contributed by atoms with van der Waals surface area (Å²) in [7, 11) is 0. The molecule has 16 heavy (non-hydrogen) atoms. The summed E-state index contributed by atoms with van der Waals surface area (Å²) in [6, 6.07) is 2.11. The molecule has 0 saturated carbocycles. The van der Waals surface area contributed by atoms with Crippen molar-refractivity contribution in [3.05, 3.63) is 35.1 Å². The second-order valence-corrected chi connectivity index (χ2v) is 4.31. The minimum atomic E-state index is -1.46. The van der Waals surface area contributed by atoms with Crippen LogP contribution in [0.1, 0.15) is 32.8 Å². The lowest BCUT2D eigenvalue weighted by Crippen LogP contribution is -2.40. The van der Waals surface area contributed by atoms with Crippen molar-refractivity contribution in [2.24, 2.45) is 11.7 Å². The molecule has 2 atom stereocenters. The summed E-state index contributed by atoms with van der Waals surface area (Å²) in [5.74, 6) is -3.88. The highest BCUT2D eigenvalue weighted by Crippen LogP contribution is 2.31. The molecule has 0 radical (unpaired) electrons. The van der Waals surface area contributed by atoms with E-state index in [9.17, 15) is 13.2 Å². The molecule has 1 nitrogen and oxygen atoms in total. The van der Waals surface area contributed by atoms with Gasteiger partial charge in [0.05, 0.1) is 0 Å². The first-order chi connectivity index (χ1) is 7.32. The van der Waals surface area contributed by atoms with Gasteiger partial charge in [0.2, 0.25) is 0 Å². The van der Waals surface area contributed by atoms with Gasteiger partial charge in [-0.3, -0.25) is 0 Å². The van der Waals surface area contributed by atoms with E-state index in [4.69, 9.17) is 5.73 Å². The fourth-order valence-electron chi connectivity index (χ4n) is 1.63. The van der Waals surface area contributed by atoms with Gasteiger partial charge in [-0.1, -0.05) is 26.3 Å². The summed E-state index contributed by atoms with van der Waals surface area (Å²) in [5.41, 5.74) is 4.99. The van der Waals surface area contributed by atoms with E-state index in [1.807, 2.05) is 13.8 Å². The molecule has 0 amide bonds. The van der Waals surface area contributed by atoms with Gasteiger partial charge >= 0.3 is 0 Å². The Labute approximate surface area is 93.5 Å². The topological polar surface area (TPSA) is 26.0 Å². The highest BCUT2D eigenvalue weighted by molar-refractivity contribution is 5.27. The molecule has 0 bridgehead atoms. The number of benzene rings is 1. The first-order valence-corrected chi connectivity index (χ1v) is 5.25. The van der Waals surface area contributed by atoms with Gasteiger partial charge in [-0.2, -0.15) is 0 Å². The van der Waals surface area contributed by atoms with Crippen molar-refractivity contribution >= 4 is 0 Å². The number of halogens is 3. The minimum Gasteiger partial charge on any atom is -0.321 e. The highest BCUT2D eigenvalue weighted by Gasteiger charge is 2.32. The van der Waals surface area contributed by atoms with Crippen LogP contribution in [0.15, 0.2) is 12.1 Å². The Kier molecular flexibility index (Phi) is 3.63. The van der Waals surface area contributed by atoms with E-state index >= 15 is 0 Å². The third-order valence-corrected chi connectivity index (χ3v) is 3.25. The fraction of sp³-hybridized carbons (Fsp3) is 0.500. The molecule has 0 aliphatic heterocycles. The van der Waals surface area contributed by atoms with Crippen LogP contribution in [0.5, 0.6) is 0 Å². The molecule has 0 fully saturated rings. The van der Waals surface area contributed by atoms with E-state index in [1.54, 1.807) is 6.92 Å². The van der Waals surface area contributed by atoms with Gasteiger partial charge in [-0.15, -0.1) is 0 Å². The first-order valence-electron chi connectivity index (χ1n) is 5.25. The number of rotatable bonds is 3. The van der Waals surface area contributed by atoms with Crippen molar-refractivity contribution in [3.63, 3.8) is 0 Å². The second-order valence-electron chi connectivity index (χ2n) is 4.31. The van der Waals surface area contributed by atoms with Crippen molar-refractivity contribution < 1.29 is 13.2 Å². The molecular weight excluding hydrogens is 215 g/mol. The van der Waals surface area contributed by atoms with E-state index in [0.717, 1.165) is 12.5 Å². The van der Waals surface area contributed by atoms with Crippen molar-refractivity contribution in [3.8, 4) is 0 Å². The molecule has 90 valence electrons. The van der Waals surface area contributed by atoms with Crippen LogP contribution in [-0.2, 0) is 5.54 Å². The predicted octanol–water partition coefficient (Wildman–Crippen LogP) is 3.32. The monoisotopic (exact) mass is 231 g/mol. The van der Waals surface area contributed by atoms with Crippen molar-refractivity contribution in [1.82, 2.24) is 0 Å². The molecule has 0 heterocycles. The lowest BCUT2D eigenvalue weighted by atomic mass is 9.80. The zero-order valence-corrected chi connectivity index (χ0v) is 9.65. The summed E-state index contributed by atoms with van der Waals surface area (Å²) in [6.45, 7) is 5.38. The Bertz CT molecular complexity index is 388. The molecule has 0 aliphatic rings. The van der Waals surface area contributed by atoms with Crippen LogP contribution in [0, 0.1) is 23.4 Å². The number of hydrogen-bond donors (Lipinski definition) is 1. The Hall–Kier alpha value is -1.03. The van der Waals surface area contributed by atoms with Crippen LogP contribution in [-0.4, -0.2) is 0 Å². The molecular formula is C12H16F3N. The van der Waals surface area contributed by atoms with Gasteiger partial charge < -0.3 is 5.73 Å². The van der Waals surface area contributed by atoms with Crippen molar-refractivity contribution in [1.29, 1.82) is 0 Å². The Morgan fingerprint density at radius 1 is 1.25 bits per heavy atom. The van der Waals surface area contributed by atoms with E-state index in [-0.39, 0.29) is 11.5 Å². The van der Waals surface area contributed by atoms with Crippen LogP contribution in [0.3, 0.4) is 0 Å². The van der Waals surface area contributed by atoms with E-state index in [1.165, 1.54) is 6.07 Å². The Morgan fingerprint density at radius 2 is 1.81 bits per heavy atom. The van der Waals surface area contributed by atoms with Gasteiger partial charge in [0, 0.05) is 11.1 Å². The SMILES string of the molecule is CCC(C)C(C)(N)c1ccc(F)c(F)c1F. The van der Waals surface area contributed by atoms with Crippen molar-refractivity contribution in [2.75, 3.05) is 0 Å². The predicted molar refractivity (Wildman–Crippen MR) is 57.3 cm³/mol. The summed E-state index contributed by atoms with van der Waals surface area (Å²) < 4.78 is 39.4. The molecule has 0 saturated heterocycles. The van der Waals surface area contributed by atoms with Crippen LogP contribution in [0.4, 0.5) is 13.2 Å². The van der Waals surface area contributed by atoms with E-state index in [0.29, 0.717) is 0 Å². The Balaban J connectivity index is 3.29. The van der Waals surface area contributed by atoms with Crippen LogP contribution >= 0.6 is 0 Å². The van der Waals surface area contributed by atoms with Gasteiger partial charge in [-0.25, -0.2) is 13.2 Å². The standard InChI is InChI=1S/C12H16F3N/c1-4-7(2)12(3,16)8-5-6-9(13)11(15)10(8)14/h5-7H,4,16H2,1-3H3. The average Bonchev–Trinajstić information content (AvgIpc) is 2.24. The maximum atomic E-state index is 13.6. The lowest BCUT2D eigenvalue weighted by Gasteiger charge is -2.32. The van der Waals surface area contributed by atoms with Crippen LogP contribution in [0.2, 0.25) is 0 Å². The average molecular weight is 231 g/mol. The van der Waals surface area contributed by atoms with Crippen LogP contribution < -0.4 is 5.73 Å². The second kappa shape index (κ2) is 4.45. The normalized spacial score (nSPS) is 16.9. The van der Waals surface area contributed by atoms with Gasteiger partial charge in [0.1, 0.15) is 0 Å². The molecule has 1 rings (SSSR count). The third kappa shape index (κ3) is 2.07. The summed E-state index contributed by atoms with van der Waals surface area (Å²) in [4.78, 5) is 0. The largest absolute Gasteiger partial charge is 0.321 e. The maximum absolute atomic E-state index is 13.6. The summed E-state index contributed by atoms with van der Waals surface area (Å²) >= 11 is 0. The van der Waals surface area contributed by atoms with Gasteiger partial charge in [-0.05, 0) is 18.9 Å². The minimum absolute atomic E-state index is 0.0146. The van der Waals surface area contributed by atoms with Gasteiger partial charge in [0.15, 0.2) is 17.5 Å². The summed E-state index contributed by atoms with van der Waals surface area (Å²) in [5, 5.41) is 0. The zero-order valence-electron chi connectivity index (χ0n) is 9.65. The maximum Gasteiger partial charge on any atom is 0.194 e.